The van der Waals surface area contributed by atoms with Crippen LogP contribution in [-0.2, 0) is 33.1 Å². The third-order valence-electron chi connectivity index (χ3n) is 8.18. The zero-order valence-electron chi connectivity index (χ0n) is 23.8. The van der Waals surface area contributed by atoms with Gasteiger partial charge in [0.2, 0.25) is 5.91 Å². The quantitative estimate of drug-likeness (QED) is 0.340. The van der Waals surface area contributed by atoms with Gasteiger partial charge in [0.15, 0.2) is 5.60 Å². The molecule has 0 bridgehead atoms. The van der Waals surface area contributed by atoms with E-state index in [9.17, 15) is 24.3 Å². The molecule has 2 aromatic heterocycles. The maximum Gasteiger partial charge on any atom is 0.415 e. The molecule has 1 aromatic carbocycles. The van der Waals surface area contributed by atoms with Crippen molar-refractivity contribution < 1.29 is 29.0 Å². The van der Waals surface area contributed by atoms with Crippen LogP contribution >= 0.6 is 0 Å². The molecule has 3 aliphatic rings. The second-order valence-corrected chi connectivity index (χ2v) is 11.2. The van der Waals surface area contributed by atoms with Gasteiger partial charge >= 0.3 is 12.1 Å². The molecule has 12 nitrogen and oxygen atoms in total. The van der Waals surface area contributed by atoms with Crippen LogP contribution in [0.3, 0.4) is 0 Å². The number of rotatable bonds is 5. The Bertz CT molecular complexity index is 1670. The molecule has 12 heteroatoms. The zero-order valence-corrected chi connectivity index (χ0v) is 23.8. The lowest BCUT2D eigenvalue weighted by molar-refractivity contribution is -0.172. The van der Waals surface area contributed by atoms with Gasteiger partial charge in [-0.25, -0.2) is 14.6 Å². The molecular formula is C30H33N5O7. The van der Waals surface area contributed by atoms with Crippen LogP contribution in [0.25, 0.3) is 22.3 Å². The summed E-state index contributed by atoms with van der Waals surface area (Å²) in [6.45, 7) is 7.48. The first-order valence-corrected chi connectivity index (χ1v) is 14.2. The average Bonchev–Trinajstić information content (AvgIpc) is 3.34. The molecule has 220 valence electrons. The number of cyclic esters (lactones) is 1. The minimum atomic E-state index is -1.94. The van der Waals surface area contributed by atoms with Gasteiger partial charge in [0.05, 0.1) is 35.6 Å². The van der Waals surface area contributed by atoms with Crippen molar-refractivity contribution in [2.45, 2.75) is 52.0 Å². The maximum absolute atomic E-state index is 13.6. The fourth-order valence-corrected chi connectivity index (χ4v) is 5.92. The lowest BCUT2D eigenvalue weighted by Crippen LogP contribution is -2.52. The van der Waals surface area contributed by atoms with Gasteiger partial charge in [0, 0.05) is 48.7 Å². The molecule has 0 radical (unpaired) electrons. The number of ether oxygens (including phenoxy) is 2. The van der Waals surface area contributed by atoms with E-state index in [1.807, 2.05) is 36.9 Å². The molecule has 1 fully saturated rings. The third-order valence-corrected chi connectivity index (χ3v) is 8.18. The summed E-state index contributed by atoms with van der Waals surface area (Å²) < 4.78 is 12.7. The number of fused-ring (bicyclic) bond motifs is 5. The highest BCUT2D eigenvalue weighted by molar-refractivity contribution is 5.93. The first-order chi connectivity index (χ1) is 20.1. The number of nitrogens with zero attached hydrogens (tertiary/aromatic N) is 4. The molecule has 1 saturated heterocycles. The fraction of sp³-hybridized carbons (Fsp3) is 0.433. The highest BCUT2D eigenvalue weighted by Crippen LogP contribution is 2.43. The molecule has 2 amide bonds. The van der Waals surface area contributed by atoms with Crippen molar-refractivity contribution in [2.24, 2.45) is 0 Å². The van der Waals surface area contributed by atoms with Gasteiger partial charge in [-0.1, -0.05) is 19.1 Å². The average molecular weight is 576 g/mol. The summed E-state index contributed by atoms with van der Waals surface area (Å²) in [7, 11) is 0. The number of para-hydroxylation sites is 1. The van der Waals surface area contributed by atoms with E-state index in [2.05, 4.69) is 5.32 Å². The standard InChI is InChI=1S/C30H33N5O7/c1-4-30(40)21-13-23-25-19(14-35(23)27(37)20(21)16-41-28(30)38)26(18-7-5-6-8-22(18)32-25)42-29(39)34-11-9-33(10-12-34)15-24(36)31-17(2)3/h5-8,13,17,40H,4,9-12,14-16H2,1-3H3,(H,31,36)/t30-/m0/s1. The van der Waals surface area contributed by atoms with Crippen molar-refractivity contribution in [3.8, 4) is 17.1 Å². The highest BCUT2D eigenvalue weighted by atomic mass is 16.6. The summed E-state index contributed by atoms with van der Waals surface area (Å²) in [4.78, 5) is 60.1. The number of benzene rings is 1. The van der Waals surface area contributed by atoms with Crippen LogP contribution in [-0.4, -0.2) is 81.2 Å². The molecule has 6 rings (SSSR count). The molecule has 0 aliphatic carbocycles. The highest BCUT2D eigenvalue weighted by Gasteiger charge is 2.45. The first kappa shape index (κ1) is 27.9. The number of aliphatic hydroxyl groups is 1. The van der Waals surface area contributed by atoms with E-state index < -0.39 is 17.7 Å². The number of carbonyl (C=O) groups excluding carboxylic acids is 3. The topological polar surface area (TPSA) is 143 Å². The van der Waals surface area contributed by atoms with E-state index in [1.54, 1.807) is 24.0 Å². The van der Waals surface area contributed by atoms with Gasteiger partial charge in [-0.2, -0.15) is 0 Å². The van der Waals surface area contributed by atoms with Crippen LogP contribution in [0.5, 0.6) is 5.75 Å². The Balaban J connectivity index is 1.32. The summed E-state index contributed by atoms with van der Waals surface area (Å²) >= 11 is 0. The number of carbonyl (C=O) groups is 3. The van der Waals surface area contributed by atoms with Crippen LogP contribution in [0.4, 0.5) is 4.79 Å². The number of aromatic nitrogens is 2. The Morgan fingerprint density at radius 2 is 1.88 bits per heavy atom. The maximum atomic E-state index is 13.6. The number of piperazine rings is 1. The normalized spacial score (nSPS) is 19.7. The van der Waals surface area contributed by atoms with Gasteiger partial charge in [0.25, 0.3) is 5.56 Å². The molecule has 0 spiro atoms. The predicted octanol–water partition coefficient (Wildman–Crippen LogP) is 1.72. The predicted molar refractivity (Wildman–Crippen MR) is 152 cm³/mol. The number of pyridine rings is 2. The smallest absolute Gasteiger partial charge is 0.415 e. The SMILES string of the molecule is CC[C@@]1(O)C(=O)OCc2c1cc1n(c2=O)Cc2c-1nc1ccccc1c2OC(=O)N1CCN(CC(=O)NC(C)C)CC1. The van der Waals surface area contributed by atoms with Crippen LogP contribution in [0.1, 0.15) is 43.9 Å². The minimum Gasteiger partial charge on any atom is -0.458 e. The van der Waals surface area contributed by atoms with E-state index in [0.717, 1.165) is 0 Å². The zero-order chi connectivity index (χ0) is 29.8. The number of amides is 2. The molecule has 1 atom stereocenters. The summed E-state index contributed by atoms with van der Waals surface area (Å²) in [5.74, 6) is -0.523. The molecular weight excluding hydrogens is 542 g/mol. The second-order valence-electron chi connectivity index (χ2n) is 11.2. The Morgan fingerprint density at radius 1 is 1.14 bits per heavy atom. The van der Waals surface area contributed by atoms with E-state index in [-0.39, 0.29) is 54.8 Å². The van der Waals surface area contributed by atoms with Crippen molar-refractivity contribution in [3.05, 3.63) is 57.4 Å². The van der Waals surface area contributed by atoms with Crippen molar-refractivity contribution in [2.75, 3.05) is 32.7 Å². The number of hydrogen-bond acceptors (Lipinski definition) is 9. The molecule has 42 heavy (non-hydrogen) atoms. The Labute approximate surface area is 241 Å². The largest absolute Gasteiger partial charge is 0.458 e. The van der Waals surface area contributed by atoms with Crippen LogP contribution in [0, 0.1) is 0 Å². The number of nitrogens with one attached hydrogen (secondary N) is 1. The van der Waals surface area contributed by atoms with Gasteiger partial charge in [-0.05, 0) is 38.5 Å². The fourth-order valence-electron chi connectivity index (χ4n) is 5.92. The number of esters is 1. The molecule has 0 unspecified atom stereocenters. The molecule has 5 heterocycles. The summed E-state index contributed by atoms with van der Waals surface area (Å²) in [6.07, 6.45) is -0.486. The van der Waals surface area contributed by atoms with Crippen molar-refractivity contribution in [1.82, 2.24) is 24.7 Å². The van der Waals surface area contributed by atoms with Gasteiger partial charge in [0.1, 0.15) is 12.4 Å². The minimum absolute atomic E-state index is 0.0399. The lowest BCUT2D eigenvalue weighted by atomic mass is 9.86. The lowest BCUT2D eigenvalue weighted by Gasteiger charge is -2.33. The molecule has 3 aliphatic heterocycles. The van der Waals surface area contributed by atoms with Crippen LogP contribution in [0.15, 0.2) is 35.1 Å². The summed E-state index contributed by atoms with van der Waals surface area (Å²) in [5, 5.41) is 14.7. The van der Waals surface area contributed by atoms with Gasteiger partial charge < -0.3 is 29.4 Å². The van der Waals surface area contributed by atoms with E-state index >= 15 is 0 Å². The van der Waals surface area contributed by atoms with E-state index in [1.165, 1.54) is 4.57 Å². The van der Waals surface area contributed by atoms with Crippen molar-refractivity contribution in [3.63, 3.8) is 0 Å². The molecule has 0 saturated carbocycles. The number of hydrogen-bond donors (Lipinski definition) is 2. The van der Waals surface area contributed by atoms with Crippen LogP contribution < -0.4 is 15.6 Å². The Morgan fingerprint density at radius 3 is 2.60 bits per heavy atom. The third kappa shape index (κ3) is 4.60. The Hall–Kier alpha value is -4.29. The van der Waals surface area contributed by atoms with E-state index in [4.69, 9.17) is 14.5 Å². The van der Waals surface area contributed by atoms with Gasteiger partial charge in [-0.3, -0.25) is 14.5 Å². The molecule has 2 N–H and O–H groups in total. The van der Waals surface area contributed by atoms with Crippen molar-refractivity contribution >= 4 is 28.9 Å². The van der Waals surface area contributed by atoms with Crippen LogP contribution in [0.2, 0.25) is 0 Å². The summed E-state index contributed by atoms with van der Waals surface area (Å²) in [5.41, 5.74) is 0.147. The monoisotopic (exact) mass is 575 g/mol. The molecule has 3 aromatic rings. The second kappa shape index (κ2) is 10.5. The first-order valence-electron chi connectivity index (χ1n) is 14.2. The Kier molecular flexibility index (Phi) is 6.98. The van der Waals surface area contributed by atoms with Gasteiger partial charge in [-0.15, -0.1) is 0 Å². The summed E-state index contributed by atoms with van der Waals surface area (Å²) in [6, 6.07) is 8.96. The van der Waals surface area contributed by atoms with E-state index in [0.29, 0.717) is 59.8 Å². The van der Waals surface area contributed by atoms with Crippen molar-refractivity contribution in [1.29, 1.82) is 0 Å².